The van der Waals surface area contributed by atoms with E-state index in [1.54, 1.807) is 19.2 Å². The standard InChI is InChI=1S/C32H40N6O6S/c1-36(2)45(42,43)35-30(40)20-10-12-23-26(14-20)38-18-32(34-31(41)37(3)17-27(33)39)16-25(32)24-15-21(44-4)11-13-22(24)29(38)28(23)19-8-6-5-7-9-19/h10-15,19,25H,5-9,16-18H2,1-4H3,(H2,33,39)(H,34,41)(H,35,40). The third kappa shape index (κ3) is 5.52. The van der Waals surface area contributed by atoms with Gasteiger partial charge in [-0.15, -0.1) is 0 Å². The molecule has 4 amide bonds. The van der Waals surface area contributed by atoms with Crippen LogP contribution >= 0.6 is 0 Å². The van der Waals surface area contributed by atoms with E-state index < -0.39 is 33.6 Å². The minimum Gasteiger partial charge on any atom is -0.497 e. The van der Waals surface area contributed by atoms with Crippen molar-refractivity contribution < 1.29 is 27.5 Å². The fraction of sp³-hybridized carbons (Fsp3) is 0.469. The van der Waals surface area contributed by atoms with Gasteiger partial charge < -0.3 is 25.3 Å². The number of benzene rings is 2. The zero-order chi connectivity index (χ0) is 32.3. The summed E-state index contributed by atoms with van der Waals surface area (Å²) in [6.07, 6.45) is 6.21. The second-order valence-corrected chi connectivity index (χ2v) is 14.6. The molecule has 1 aliphatic heterocycles. The monoisotopic (exact) mass is 636 g/mol. The molecule has 6 rings (SSSR count). The van der Waals surface area contributed by atoms with Crippen molar-refractivity contribution >= 4 is 39.0 Å². The van der Waals surface area contributed by atoms with Crippen LogP contribution in [0.4, 0.5) is 4.79 Å². The summed E-state index contributed by atoms with van der Waals surface area (Å²) in [4.78, 5) is 39.4. The second-order valence-electron chi connectivity index (χ2n) is 12.8. The highest BCUT2D eigenvalue weighted by atomic mass is 32.2. The molecule has 4 N–H and O–H groups in total. The van der Waals surface area contributed by atoms with E-state index in [0.717, 1.165) is 63.5 Å². The maximum Gasteiger partial charge on any atom is 0.318 e. The molecular formula is C32H40N6O6S. The quantitative estimate of drug-likeness (QED) is 0.345. The first-order chi connectivity index (χ1) is 21.3. The number of rotatable bonds is 8. The van der Waals surface area contributed by atoms with Gasteiger partial charge in [0, 0.05) is 55.6 Å². The van der Waals surface area contributed by atoms with E-state index in [0.29, 0.717) is 18.9 Å². The Labute approximate surface area is 263 Å². The topological polar surface area (TPSA) is 156 Å². The van der Waals surface area contributed by atoms with E-state index in [1.165, 1.54) is 38.0 Å². The van der Waals surface area contributed by atoms with Crippen LogP contribution in [0.5, 0.6) is 5.75 Å². The Morgan fingerprint density at radius 3 is 2.47 bits per heavy atom. The fourth-order valence-corrected chi connectivity index (χ4v) is 7.71. The first-order valence-corrected chi connectivity index (χ1v) is 16.7. The molecule has 2 unspecified atom stereocenters. The number of fused-ring (bicyclic) bond motifs is 7. The zero-order valence-corrected chi connectivity index (χ0v) is 26.9. The van der Waals surface area contributed by atoms with Crippen LogP contribution in [0.3, 0.4) is 0 Å². The van der Waals surface area contributed by atoms with Gasteiger partial charge in [0.05, 0.1) is 18.3 Å². The fourth-order valence-electron chi connectivity index (χ4n) is 7.18. The number of methoxy groups -OCH3 is 1. The largest absolute Gasteiger partial charge is 0.497 e. The van der Waals surface area contributed by atoms with E-state index in [-0.39, 0.29) is 18.0 Å². The number of urea groups is 1. The van der Waals surface area contributed by atoms with Gasteiger partial charge in [0.25, 0.3) is 5.91 Å². The van der Waals surface area contributed by atoms with Crippen LogP contribution in [0.15, 0.2) is 36.4 Å². The Kier molecular flexibility index (Phi) is 7.80. The molecule has 45 heavy (non-hydrogen) atoms. The number of primary amides is 1. The molecule has 2 aromatic carbocycles. The number of ether oxygens (including phenoxy) is 1. The molecule has 2 aliphatic carbocycles. The lowest BCUT2D eigenvalue weighted by molar-refractivity contribution is -0.118. The molecule has 0 spiro atoms. The highest BCUT2D eigenvalue weighted by molar-refractivity contribution is 7.87. The van der Waals surface area contributed by atoms with Crippen LogP contribution in [0.2, 0.25) is 0 Å². The van der Waals surface area contributed by atoms with Gasteiger partial charge in [0.2, 0.25) is 5.91 Å². The Morgan fingerprint density at radius 2 is 1.80 bits per heavy atom. The summed E-state index contributed by atoms with van der Waals surface area (Å²) < 4.78 is 35.9. The van der Waals surface area contributed by atoms with Gasteiger partial charge in [-0.2, -0.15) is 12.7 Å². The summed E-state index contributed by atoms with van der Waals surface area (Å²) in [6.45, 7) is 0.208. The molecule has 3 aromatic rings. The number of nitrogens with two attached hydrogens (primary N) is 1. The van der Waals surface area contributed by atoms with Crippen LogP contribution in [-0.4, -0.2) is 80.4 Å². The number of carbonyl (C=O) groups excluding carboxylic acids is 3. The molecule has 2 atom stereocenters. The van der Waals surface area contributed by atoms with Crippen molar-refractivity contribution in [2.45, 2.75) is 62.4 Å². The molecular weight excluding hydrogens is 596 g/mol. The molecule has 2 heterocycles. The summed E-state index contributed by atoms with van der Waals surface area (Å²) in [7, 11) is 1.89. The third-order valence-corrected chi connectivity index (χ3v) is 11.0. The molecule has 3 aliphatic rings. The highest BCUT2D eigenvalue weighted by Gasteiger charge is 2.59. The van der Waals surface area contributed by atoms with Gasteiger partial charge in [-0.25, -0.2) is 9.52 Å². The van der Waals surface area contributed by atoms with Crippen molar-refractivity contribution in [3.8, 4) is 17.0 Å². The average molecular weight is 637 g/mol. The van der Waals surface area contributed by atoms with E-state index in [9.17, 15) is 22.8 Å². The lowest BCUT2D eigenvalue weighted by atomic mass is 9.81. The average Bonchev–Trinajstić information content (AvgIpc) is 3.63. The summed E-state index contributed by atoms with van der Waals surface area (Å²) in [5, 5.41) is 4.23. The van der Waals surface area contributed by atoms with Gasteiger partial charge in [-0.05, 0) is 66.6 Å². The summed E-state index contributed by atoms with van der Waals surface area (Å²) in [5.74, 6) is -0.315. The van der Waals surface area contributed by atoms with Crippen molar-refractivity contribution in [3.05, 3.63) is 53.1 Å². The number of aromatic nitrogens is 1. The lowest BCUT2D eigenvalue weighted by Gasteiger charge is -2.25. The second kappa shape index (κ2) is 11.4. The van der Waals surface area contributed by atoms with Crippen LogP contribution < -0.4 is 20.5 Å². The molecule has 2 saturated carbocycles. The third-order valence-electron chi connectivity index (χ3n) is 9.58. The van der Waals surface area contributed by atoms with Crippen molar-refractivity contribution in [2.24, 2.45) is 5.73 Å². The first kappa shape index (κ1) is 30.9. The van der Waals surface area contributed by atoms with Crippen molar-refractivity contribution in [3.63, 3.8) is 0 Å². The Morgan fingerprint density at radius 1 is 1.07 bits per heavy atom. The predicted molar refractivity (Wildman–Crippen MR) is 170 cm³/mol. The smallest absolute Gasteiger partial charge is 0.318 e. The normalized spacial score (nSPS) is 20.9. The minimum absolute atomic E-state index is 0.0144. The summed E-state index contributed by atoms with van der Waals surface area (Å²) in [5.41, 5.74) is 10.1. The minimum atomic E-state index is -3.99. The van der Waals surface area contributed by atoms with Gasteiger partial charge in [-0.3, -0.25) is 9.59 Å². The molecule has 240 valence electrons. The molecule has 0 radical (unpaired) electrons. The van der Waals surface area contributed by atoms with E-state index in [4.69, 9.17) is 10.5 Å². The van der Waals surface area contributed by atoms with Gasteiger partial charge in [0.1, 0.15) is 12.3 Å². The Hall–Kier alpha value is -4.10. The van der Waals surface area contributed by atoms with Crippen molar-refractivity contribution in [1.82, 2.24) is 23.8 Å². The van der Waals surface area contributed by atoms with E-state index in [1.807, 2.05) is 18.2 Å². The lowest BCUT2D eigenvalue weighted by Crippen LogP contribution is -2.49. The number of likely N-dealkylation sites (N-methyl/N-ethyl adjacent to an activating group) is 1. The van der Waals surface area contributed by atoms with E-state index >= 15 is 0 Å². The molecule has 12 nitrogen and oxygen atoms in total. The van der Waals surface area contributed by atoms with Crippen molar-refractivity contribution in [1.29, 1.82) is 0 Å². The van der Waals surface area contributed by atoms with Crippen LogP contribution in [0.25, 0.3) is 22.2 Å². The zero-order valence-electron chi connectivity index (χ0n) is 26.1. The molecule has 0 saturated heterocycles. The number of carbonyl (C=O) groups is 3. The number of amides is 4. The number of nitrogens with one attached hydrogen (secondary N) is 2. The van der Waals surface area contributed by atoms with Crippen LogP contribution in [0.1, 0.15) is 71.8 Å². The number of nitrogens with zero attached hydrogens (tertiary/aromatic N) is 3. The summed E-state index contributed by atoms with van der Waals surface area (Å²) in [6, 6.07) is 11.0. The maximum absolute atomic E-state index is 13.3. The maximum atomic E-state index is 13.3. The van der Waals surface area contributed by atoms with Crippen molar-refractivity contribution in [2.75, 3.05) is 34.8 Å². The summed E-state index contributed by atoms with van der Waals surface area (Å²) >= 11 is 0. The SMILES string of the molecule is COc1ccc2c(c1)C1CC1(NC(=O)N(C)CC(N)=O)Cn1c-2c(C2CCCCC2)c2ccc(C(=O)NS(=O)(=O)N(C)C)cc21. The number of hydrogen-bond acceptors (Lipinski definition) is 6. The number of hydrogen-bond donors (Lipinski definition) is 3. The van der Waals surface area contributed by atoms with Gasteiger partial charge in [0.15, 0.2) is 0 Å². The van der Waals surface area contributed by atoms with Gasteiger partial charge in [-0.1, -0.05) is 25.3 Å². The molecule has 1 aromatic heterocycles. The Balaban J connectivity index is 1.54. The molecule has 0 bridgehead atoms. The highest BCUT2D eigenvalue weighted by Crippen LogP contribution is 2.60. The molecule has 2 fully saturated rings. The van der Waals surface area contributed by atoms with Crippen LogP contribution in [-0.2, 0) is 21.5 Å². The van der Waals surface area contributed by atoms with E-state index in [2.05, 4.69) is 20.7 Å². The molecule has 13 heteroatoms. The van der Waals surface area contributed by atoms with Crippen LogP contribution in [0, 0.1) is 0 Å². The predicted octanol–water partition coefficient (Wildman–Crippen LogP) is 3.27. The van der Waals surface area contributed by atoms with Gasteiger partial charge >= 0.3 is 16.2 Å². The first-order valence-electron chi connectivity index (χ1n) is 15.3. The Bertz CT molecular complexity index is 1810.